The number of benzene rings is 2. The Balaban J connectivity index is 1.91. The molecule has 1 aromatic heterocycles. The predicted octanol–water partition coefficient (Wildman–Crippen LogP) is 3.24. The van der Waals surface area contributed by atoms with Crippen molar-refractivity contribution in [3.8, 4) is 0 Å². The van der Waals surface area contributed by atoms with Crippen LogP contribution in [0.3, 0.4) is 0 Å². The lowest BCUT2D eigenvalue weighted by Crippen LogP contribution is -2.23. The fourth-order valence-corrected chi connectivity index (χ4v) is 2.63. The van der Waals surface area contributed by atoms with Crippen LogP contribution >= 0.6 is 0 Å². The van der Waals surface area contributed by atoms with Crippen molar-refractivity contribution < 1.29 is 19.1 Å². The first-order valence-electron chi connectivity index (χ1n) is 7.34. The number of aromatic nitrogens is 1. The van der Waals surface area contributed by atoms with Gasteiger partial charge in [0, 0.05) is 28.6 Å². The summed E-state index contributed by atoms with van der Waals surface area (Å²) in [4.78, 5) is 26.4. The van der Waals surface area contributed by atoms with E-state index in [-0.39, 0.29) is 17.8 Å². The molecule has 0 aliphatic heterocycles. The van der Waals surface area contributed by atoms with Crippen molar-refractivity contribution in [2.75, 3.05) is 0 Å². The number of amides is 1. The van der Waals surface area contributed by atoms with E-state index in [1.807, 2.05) is 19.1 Å². The summed E-state index contributed by atoms with van der Waals surface area (Å²) in [6.45, 7) is 1.93. The quantitative estimate of drug-likeness (QED) is 0.688. The molecule has 0 radical (unpaired) electrons. The standard InChI is InChI=1S/C18H15FN2O3/c1-10-5-6-15-13(7-10)14(16(21-15)18(23)24)9-20-17(22)11-3-2-4-12(19)8-11/h2-8,21H,9H2,1H3,(H,20,22)(H,23,24). The minimum absolute atomic E-state index is 0.0282. The van der Waals surface area contributed by atoms with Gasteiger partial charge in [0.1, 0.15) is 11.5 Å². The largest absolute Gasteiger partial charge is 0.477 e. The third-order valence-corrected chi connectivity index (χ3v) is 3.79. The zero-order valence-corrected chi connectivity index (χ0v) is 12.9. The number of hydrogen-bond acceptors (Lipinski definition) is 2. The van der Waals surface area contributed by atoms with Gasteiger partial charge in [-0.15, -0.1) is 0 Å². The average Bonchev–Trinajstić information content (AvgIpc) is 2.90. The molecule has 0 aliphatic rings. The van der Waals surface area contributed by atoms with E-state index in [0.29, 0.717) is 11.1 Å². The van der Waals surface area contributed by atoms with Gasteiger partial charge in [-0.25, -0.2) is 9.18 Å². The summed E-state index contributed by atoms with van der Waals surface area (Å²) in [5, 5.41) is 12.8. The smallest absolute Gasteiger partial charge is 0.352 e. The highest BCUT2D eigenvalue weighted by molar-refractivity contribution is 5.99. The summed E-state index contributed by atoms with van der Waals surface area (Å²) in [6, 6.07) is 10.9. The summed E-state index contributed by atoms with van der Waals surface area (Å²) >= 11 is 0. The molecule has 3 N–H and O–H groups in total. The molecule has 0 spiro atoms. The molecule has 0 fully saturated rings. The van der Waals surface area contributed by atoms with Crippen LogP contribution in [0.1, 0.15) is 32.0 Å². The summed E-state index contributed by atoms with van der Waals surface area (Å²) in [6.07, 6.45) is 0. The number of hydrogen-bond donors (Lipinski definition) is 3. The van der Waals surface area contributed by atoms with Crippen LogP contribution in [0, 0.1) is 12.7 Å². The van der Waals surface area contributed by atoms with Crippen molar-refractivity contribution in [3.63, 3.8) is 0 Å². The fourth-order valence-electron chi connectivity index (χ4n) is 2.63. The number of aromatic amines is 1. The number of H-pyrrole nitrogens is 1. The van der Waals surface area contributed by atoms with Gasteiger partial charge in [-0.05, 0) is 37.3 Å². The molecule has 1 amide bonds. The van der Waals surface area contributed by atoms with Crippen molar-refractivity contribution in [2.24, 2.45) is 0 Å². The van der Waals surface area contributed by atoms with Gasteiger partial charge in [0.15, 0.2) is 0 Å². The molecule has 0 aliphatic carbocycles. The van der Waals surface area contributed by atoms with E-state index >= 15 is 0 Å². The minimum Gasteiger partial charge on any atom is -0.477 e. The molecule has 0 saturated heterocycles. The number of nitrogens with one attached hydrogen (secondary N) is 2. The van der Waals surface area contributed by atoms with E-state index in [1.54, 1.807) is 6.07 Å². The van der Waals surface area contributed by atoms with Crippen LogP contribution in [-0.4, -0.2) is 22.0 Å². The molecule has 6 heteroatoms. The molecule has 3 aromatic rings. The highest BCUT2D eigenvalue weighted by Gasteiger charge is 2.18. The number of halogens is 1. The Morgan fingerprint density at radius 1 is 1.21 bits per heavy atom. The fraction of sp³-hybridized carbons (Fsp3) is 0.111. The summed E-state index contributed by atoms with van der Waals surface area (Å²) < 4.78 is 13.2. The van der Waals surface area contributed by atoms with Crippen molar-refractivity contribution >= 4 is 22.8 Å². The lowest BCUT2D eigenvalue weighted by Gasteiger charge is -2.06. The first kappa shape index (κ1) is 15.7. The Hall–Kier alpha value is -3.15. The Labute approximate surface area is 137 Å². The Kier molecular flexibility index (Phi) is 4.04. The van der Waals surface area contributed by atoms with Gasteiger partial charge in [-0.1, -0.05) is 17.7 Å². The molecule has 5 nitrogen and oxygen atoms in total. The number of fused-ring (bicyclic) bond motifs is 1. The second-order valence-electron chi connectivity index (χ2n) is 5.53. The normalized spacial score (nSPS) is 10.8. The first-order valence-corrected chi connectivity index (χ1v) is 7.34. The van der Waals surface area contributed by atoms with Crippen LogP contribution in [0.15, 0.2) is 42.5 Å². The Morgan fingerprint density at radius 2 is 2.00 bits per heavy atom. The lowest BCUT2D eigenvalue weighted by molar-refractivity contribution is 0.0689. The zero-order chi connectivity index (χ0) is 17.3. The summed E-state index contributed by atoms with van der Waals surface area (Å²) in [5.74, 6) is -2.07. The SMILES string of the molecule is Cc1ccc2[nH]c(C(=O)O)c(CNC(=O)c3cccc(F)c3)c2c1. The van der Waals surface area contributed by atoms with Crippen LogP contribution in [0.2, 0.25) is 0 Å². The third-order valence-electron chi connectivity index (χ3n) is 3.79. The van der Waals surface area contributed by atoms with Gasteiger partial charge in [0.05, 0.1) is 0 Å². The van der Waals surface area contributed by atoms with E-state index in [1.165, 1.54) is 18.2 Å². The maximum absolute atomic E-state index is 13.2. The maximum atomic E-state index is 13.2. The first-order chi connectivity index (χ1) is 11.5. The van der Waals surface area contributed by atoms with Gasteiger partial charge >= 0.3 is 5.97 Å². The number of carboxylic acids is 1. The monoisotopic (exact) mass is 326 g/mol. The summed E-state index contributed by atoms with van der Waals surface area (Å²) in [5.41, 5.74) is 2.38. The van der Waals surface area contributed by atoms with Crippen molar-refractivity contribution in [1.29, 1.82) is 0 Å². The highest BCUT2D eigenvalue weighted by Crippen LogP contribution is 2.24. The van der Waals surface area contributed by atoms with E-state index in [0.717, 1.165) is 17.0 Å². The molecule has 1 heterocycles. The van der Waals surface area contributed by atoms with E-state index < -0.39 is 17.7 Å². The van der Waals surface area contributed by atoms with Crippen LogP contribution in [0.5, 0.6) is 0 Å². The second kappa shape index (κ2) is 6.16. The molecule has 0 atom stereocenters. The van der Waals surface area contributed by atoms with Crippen molar-refractivity contribution in [2.45, 2.75) is 13.5 Å². The average molecular weight is 326 g/mol. The molecule has 0 saturated carbocycles. The van der Waals surface area contributed by atoms with Gasteiger partial charge < -0.3 is 15.4 Å². The van der Waals surface area contributed by atoms with Crippen LogP contribution in [0.4, 0.5) is 4.39 Å². The number of aromatic carboxylic acids is 1. The number of carbonyl (C=O) groups is 2. The van der Waals surface area contributed by atoms with Gasteiger partial charge in [0.2, 0.25) is 0 Å². The molecule has 122 valence electrons. The molecule has 2 aromatic carbocycles. The molecular formula is C18H15FN2O3. The van der Waals surface area contributed by atoms with Crippen molar-refractivity contribution in [1.82, 2.24) is 10.3 Å². The number of aryl methyl sites for hydroxylation is 1. The Bertz CT molecular complexity index is 947. The zero-order valence-electron chi connectivity index (χ0n) is 12.9. The van der Waals surface area contributed by atoms with Crippen LogP contribution in [-0.2, 0) is 6.54 Å². The number of carboxylic acid groups (broad SMARTS) is 1. The number of carbonyl (C=O) groups excluding carboxylic acids is 1. The minimum atomic E-state index is -1.10. The third kappa shape index (κ3) is 2.99. The lowest BCUT2D eigenvalue weighted by atomic mass is 10.1. The Morgan fingerprint density at radius 3 is 2.71 bits per heavy atom. The topological polar surface area (TPSA) is 82.2 Å². The van der Waals surface area contributed by atoms with Crippen LogP contribution < -0.4 is 5.32 Å². The number of rotatable bonds is 4. The predicted molar refractivity (Wildman–Crippen MR) is 87.6 cm³/mol. The van der Waals surface area contributed by atoms with Gasteiger partial charge in [-0.2, -0.15) is 0 Å². The van der Waals surface area contributed by atoms with E-state index in [4.69, 9.17) is 0 Å². The summed E-state index contributed by atoms with van der Waals surface area (Å²) in [7, 11) is 0. The molecular weight excluding hydrogens is 311 g/mol. The van der Waals surface area contributed by atoms with E-state index in [9.17, 15) is 19.1 Å². The molecule has 0 bridgehead atoms. The molecule has 0 unspecified atom stereocenters. The molecule has 3 rings (SSSR count). The molecule has 24 heavy (non-hydrogen) atoms. The maximum Gasteiger partial charge on any atom is 0.352 e. The van der Waals surface area contributed by atoms with Crippen LogP contribution in [0.25, 0.3) is 10.9 Å². The van der Waals surface area contributed by atoms with Crippen molar-refractivity contribution in [3.05, 3.63) is 70.7 Å². The van der Waals surface area contributed by atoms with Gasteiger partial charge in [0.25, 0.3) is 5.91 Å². The van der Waals surface area contributed by atoms with E-state index in [2.05, 4.69) is 10.3 Å². The second-order valence-corrected chi connectivity index (χ2v) is 5.53. The highest BCUT2D eigenvalue weighted by atomic mass is 19.1. The van der Waals surface area contributed by atoms with Gasteiger partial charge in [-0.3, -0.25) is 4.79 Å².